The van der Waals surface area contributed by atoms with E-state index in [9.17, 15) is 9.59 Å². The van der Waals surface area contributed by atoms with Crippen molar-refractivity contribution in [3.63, 3.8) is 0 Å². The van der Waals surface area contributed by atoms with Crippen molar-refractivity contribution in [1.82, 2.24) is 5.32 Å². The summed E-state index contributed by atoms with van der Waals surface area (Å²) in [5, 5.41) is 11.5. The maximum Gasteiger partial charge on any atom is 0.308 e. The topological polar surface area (TPSA) is 66.4 Å². The van der Waals surface area contributed by atoms with Gasteiger partial charge in [-0.15, -0.1) is 11.3 Å². The molecule has 0 spiro atoms. The van der Waals surface area contributed by atoms with Crippen LogP contribution in [0.4, 0.5) is 0 Å². The van der Waals surface area contributed by atoms with Crippen molar-refractivity contribution in [3.05, 3.63) is 21.9 Å². The van der Waals surface area contributed by atoms with E-state index >= 15 is 0 Å². The Morgan fingerprint density at radius 2 is 2.06 bits per heavy atom. The predicted molar refractivity (Wildman–Crippen MR) is 67.2 cm³/mol. The van der Waals surface area contributed by atoms with Gasteiger partial charge < -0.3 is 10.4 Å². The molecule has 1 amide bonds. The third kappa shape index (κ3) is 4.19. The Kier molecular flexibility index (Phi) is 4.69. The van der Waals surface area contributed by atoms with E-state index in [4.69, 9.17) is 5.11 Å². The summed E-state index contributed by atoms with van der Waals surface area (Å²) in [7, 11) is 0. The molecule has 0 radical (unpaired) electrons. The maximum atomic E-state index is 11.7. The van der Waals surface area contributed by atoms with Gasteiger partial charge >= 0.3 is 5.97 Å². The van der Waals surface area contributed by atoms with Gasteiger partial charge in [0.05, 0.1) is 12.3 Å². The van der Waals surface area contributed by atoms with E-state index in [0.717, 1.165) is 4.88 Å². The molecule has 5 heteroatoms. The van der Waals surface area contributed by atoms with Crippen LogP contribution in [0, 0.1) is 12.8 Å². The number of nitrogens with one attached hydrogen (secondary N) is 1. The van der Waals surface area contributed by atoms with Gasteiger partial charge in [0, 0.05) is 15.8 Å². The molecule has 2 N–H and O–H groups in total. The van der Waals surface area contributed by atoms with Crippen molar-refractivity contribution in [3.8, 4) is 0 Å². The molecule has 0 aliphatic rings. The van der Waals surface area contributed by atoms with Gasteiger partial charge in [-0.1, -0.05) is 0 Å². The number of hydrogen-bond acceptors (Lipinski definition) is 3. The van der Waals surface area contributed by atoms with Crippen LogP contribution >= 0.6 is 11.3 Å². The van der Waals surface area contributed by atoms with E-state index in [1.54, 1.807) is 25.2 Å². The zero-order valence-corrected chi connectivity index (χ0v) is 11.0. The molecule has 0 saturated heterocycles. The van der Waals surface area contributed by atoms with E-state index in [1.165, 1.54) is 4.88 Å². The fourth-order valence-electron chi connectivity index (χ4n) is 1.38. The predicted octanol–water partition coefficient (Wildman–Crippen LogP) is 1.82. The minimum Gasteiger partial charge on any atom is -0.481 e. The van der Waals surface area contributed by atoms with E-state index < -0.39 is 11.9 Å². The molecule has 1 rings (SSSR count). The Bertz CT molecular complexity index is 414. The molecule has 0 fully saturated rings. The van der Waals surface area contributed by atoms with Crippen molar-refractivity contribution in [1.29, 1.82) is 0 Å². The van der Waals surface area contributed by atoms with E-state index in [0.29, 0.717) is 6.42 Å². The summed E-state index contributed by atoms with van der Waals surface area (Å²) in [6.45, 7) is 5.28. The van der Waals surface area contributed by atoms with Gasteiger partial charge in [-0.25, -0.2) is 0 Å². The highest BCUT2D eigenvalue weighted by Gasteiger charge is 2.20. The zero-order chi connectivity index (χ0) is 13.0. The van der Waals surface area contributed by atoms with Crippen LogP contribution in [-0.4, -0.2) is 23.0 Å². The molecular weight excluding hydrogens is 238 g/mol. The second-order valence-corrected chi connectivity index (χ2v) is 5.54. The number of thiophene rings is 1. The summed E-state index contributed by atoms with van der Waals surface area (Å²) in [4.78, 5) is 24.6. The van der Waals surface area contributed by atoms with Crippen LogP contribution in [0.15, 0.2) is 12.1 Å². The number of rotatable bonds is 5. The average molecular weight is 255 g/mol. The third-order valence-corrected chi connectivity index (χ3v) is 3.66. The Hall–Kier alpha value is -1.36. The molecule has 0 saturated carbocycles. The SMILES string of the molecule is Cc1ccc(CC(=O)NC(C)C(C)C(=O)O)s1. The van der Waals surface area contributed by atoms with Gasteiger partial charge in [-0.05, 0) is 32.9 Å². The van der Waals surface area contributed by atoms with Crippen LogP contribution in [0.5, 0.6) is 0 Å². The highest BCUT2D eigenvalue weighted by atomic mass is 32.1. The summed E-state index contributed by atoms with van der Waals surface area (Å²) < 4.78 is 0. The molecule has 2 unspecified atom stereocenters. The van der Waals surface area contributed by atoms with Crippen LogP contribution in [0.25, 0.3) is 0 Å². The van der Waals surface area contributed by atoms with Crippen LogP contribution in [0.3, 0.4) is 0 Å². The first-order valence-electron chi connectivity index (χ1n) is 5.47. The average Bonchev–Trinajstić information content (AvgIpc) is 2.62. The Labute approximate surface area is 105 Å². The van der Waals surface area contributed by atoms with Crippen molar-refractivity contribution in [2.45, 2.75) is 33.2 Å². The molecule has 1 heterocycles. The number of hydrogen-bond donors (Lipinski definition) is 2. The molecule has 94 valence electrons. The van der Waals surface area contributed by atoms with Crippen LogP contribution in [0.1, 0.15) is 23.6 Å². The number of aliphatic carboxylic acids is 1. The molecule has 1 aromatic rings. The Morgan fingerprint density at radius 1 is 1.41 bits per heavy atom. The normalized spacial score (nSPS) is 14.1. The monoisotopic (exact) mass is 255 g/mol. The minimum absolute atomic E-state index is 0.132. The van der Waals surface area contributed by atoms with Gasteiger partial charge in [-0.3, -0.25) is 9.59 Å². The lowest BCUT2D eigenvalue weighted by molar-refractivity contribution is -0.142. The largest absolute Gasteiger partial charge is 0.481 e. The second kappa shape index (κ2) is 5.82. The lowest BCUT2D eigenvalue weighted by atomic mass is 10.0. The smallest absolute Gasteiger partial charge is 0.308 e. The summed E-state index contributed by atoms with van der Waals surface area (Å²) in [5.74, 6) is -1.61. The molecule has 0 aliphatic carbocycles. The highest BCUT2D eigenvalue weighted by molar-refractivity contribution is 7.12. The fourth-order valence-corrected chi connectivity index (χ4v) is 2.27. The van der Waals surface area contributed by atoms with Crippen LogP contribution in [-0.2, 0) is 16.0 Å². The summed E-state index contributed by atoms with van der Waals surface area (Å²) in [6, 6.07) is 3.53. The van der Waals surface area contributed by atoms with Crippen molar-refractivity contribution in [2.24, 2.45) is 5.92 Å². The Morgan fingerprint density at radius 3 is 2.53 bits per heavy atom. The summed E-state index contributed by atoms with van der Waals surface area (Å²) in [5.41, 5.74) is 0. The van der Waals surface area contributed by atoms with Gasteiger partial charge in [0.2, 0.25) is 5.91 Å². The zero-order valence-electron chi connectivity index (χ0n) is 10.2. The number of carbonyl (C=O) groups excluding carboxylic acids is 1. The van der Waals surface area contributed by atoms with Crippen LogP contribution in [0.2, 0.25) is 0 Å². The van der Waals surface area contributed by atoms with E-state index in [1.807, 2.05) is 19.1 Å². The van der Waals surface area contributed by atoms with Crippen molar-refractivity contribution >= 4 is 23.2 Å². The number of amides is 1. The first-order valence-corrected chi connectivity index (χ1v) is 6.29. The van der Waals surface area contributed by atoms with E-state index in [-0.39, 0.29) is 11.9 Å². The third-order valence-electron chi connectivity index (χ3n) is 2.66. The van der Waals surface area contributed by atoms with Crippen molar-refractivity contribution in [2.75, 3.05) is 0 Å². The van der Waals surface area contributed by atoms with Gasteiger partial charge in [-0.2, -0.15) is 0 Å². The van der Waals surface area contributed by atoms with Gasteiger partial charge in [0.25, 0.3) is 0 Å². The van der Waals surface area contributed by atoms with E-state index in [2.05, 4.69) is 5.32 Å². The molecule has 17 heavy (non-hydrogen) atoms. The molecule has 4 nitrogen and oxygen atoms in total. The fraction of sp³-hybridized carbons (Fsp3) is 0.500. The Balaban J connectivity index is 2.47. The minimum atomic E-state index is -0.898. The number of carbonyl (C=O) groups is 2. The number of carboxylic acid groups (broad SMARTS) is 1. The summed E-state index contributed by atoms with van der Waals surface area (Å²) >= 11 is 1.58. The number of aryl methyl sites for hydroxylation is 1. The van der Waals surface area contributed by atoms with Gasteiger partial charge in [0.15, 0.2) is 0 Å². The molecule has 0 aromatic carbocycles. The molecule has 1 aromatic heterocycles. The lowest BCUT2D eigenvalue weighted by Crippen LogP contribution is -2.40. The molecular formula is C12H17NO3S. The second-order valence-electron chi connectivity index (χ2n) is 4.17. The highest BCUT2D eigenvalue weighted by Crippen LogP contribution is 2.15. The first-order chi connectivity index (χ1) is 7.90. The standard InChI is InChI=1S/C12H17NO3S/c1-7-4-5-10(17-7)6-11(14)13-9(3)8(2)12(15)16/h4-5,8-9H,6H2,1-3H3,(H,13,14)(H,15,16). The lowest BCUT2D eigenvalue weighted by Gasteiger charge is -2.17. The quantitative estimate of drug-likeness (QED) is 0.843. The maximum absolute atomic E-state index is 11.7. The number of carboxylic acids is 1. The molecule has 0 bridgehead atoms. The molecule has 2 atom stereocenters. The van der Waals surface area contributed by atoms with Crippen molar-refractivity contribution < 1.29 is 14.7 Å². The van der Waals surface area contributed by atoms with Crippen LogP contribution < -0.4 is 5.32 Å². The molecule has 0 aliphatic heterocycles. The summed E-state index contributed by atoms with van der Waals surface area (Å²) in [6.07, 6.45) is 0.315. The first kappa shape index (κ1) is 13.7. The van der Waals surface area contributed by atoms with Gasteiger partial charge in [0.1, 0.15) is 0 Å².